The van der Waals surface area contributed by atoms with Crippen LogP contribution in [0.3, 0.4) is 0 Å². The molecule has 2 rings (SSSR count). The molecule has 1 N–H and O–H groups in total. The Labute approximate surface area is 66.9 Å². The fourth-order valence-electron chi connectivity index (χ4n) is 1.14. The summed E-state index contributed by atoms with van der Waals surface area (Å²) in [6.07, 6.45) is 7.07. The largest absolute Gasteiger partial charge is 0.478 e. The molecule has 2 heteroatoms. The predicted octanol–water partition coefficient (Wildman–Crippen LogP) is 2.06. The van der Waals surface area contributed by atoms with Crippen molar-refractivity contribution in [3.63, 3.8) is 0 Å². The third kappa shape index (κ3) is 3.81. The molecular weight excluding hydrogens is 140 g/mol. The fourth-order valence-corrected chi connectivity index (χ4v) is 1.14. The number of rotatable bonds is 2. The molecule has 2 aliphatic carbocycles. The normalized spacial score (nSPS) is 21.5. The van der Waals surface area contributed by atoms with Crippen LogP contribution in [0.15, 0.2) is 12.7 Å². The zero-order valence-corrected chi connectivity index (χ0v) is 6.62. The lowest BCUT2D eigenvalue weighted by Gasteiger charge is -1.77. The molecule has 0 atom stereocenters. The van der Waals surface area contributed by atoms with Crippen molar-refractivity contribution in [1.29, 1.82) is 0 Å². The Hall–Kier alpha value is -0.790. The van der Waals surface area contributed by atoms with E-state index in [9.17, 15) is 4.79 Å². The maximum Gasteiger partial charge on any atom is 0.327 e. The number of carboxylic acids is 1. The molecule has 0 heterocycles. The SMILES string of the molecule is C1CC1C1CC1.C=CC(=O)O. The first-order chi connectivity index (χ1) is 5.24. The van der Waals surface area contributed by atoms with Gasteiger partial charge in [0.25, 0.3) is 0 Å². The lowest BCUT2D eigenvalue weighted by atomic mass is 10.3. The van der Waals surface area contributed by atoms with Crippen molar-refractivity contribution in [2.24, 2.45) is 11.8 Å². The molecule has 2 fully saturated rings. The lowest BCUT2D eigenvalue weighted by molar-refractivity contribution is -0.131. The molecule has 0 saturated heterocycles. The van der Waals surface area contributed by atoms with Gasteiger partial charge in [-0.2, -0.15) is 0 Å². The van der Waals surface area contributed by atoms with Crippen molar-refractivity contribution in [3.05, 3.63) is 12.7 Å². The van der Waals surface area contributed by atoms with E-state index in [-0.39, 0.29) is 0 Å². The molecule has 62 valence electrons. The first kappa shape index (κ1) is 8.31. The van der Waals surface area contributed by atoms with Crippen molar-refractivity contribution >= 4 is 5.97 Å². The van der Waals surface area contributed by atoms with Gasteiger partial charge in [-0.1, -0.05) is 6.58 Å². The van der Waals surface area contributed by atoms with Crippen molar-refractivity contribution in [2.45, 2.75) is 25.7 Å². The minimum atomic E-state index is -0.981. The number of aliphatic carboxylic acids is 1. The number of carboxylic acid groups (broad SMARTS) is 1. The van der Waals surface area contributed by atoms with E-state index >= 15 is 0 Å². The van der Waals surface area contributed by atoms with E-state index < -0.39 is 5.97 Å². The summed E-state index contributed by atoms with van der Waals surface area (Å²) in [4.78, 5) is 9.25. The average molecular weight is 154 g/mol. The third-order valence-electron chi connectivity index (χ3n) is 2.09. The highest BCUT2D eigenvalue weighted by Gasteiger charge is 2.37. The van der Waals surface area contributed by atoms with Gasteiger partial charge in [0, 0.05) is 6.08 Å². The summed E-state index contributed by atoms with van der Waals surface area (Å²) < 4.78 is 0. The van der Waals surface area contributed by atoms with Crippen molar-refractivity contribution in [1.82, 2.24) is 0 Å². The van der Waals surface area contributed by atoms with Crippen LogP contribution in [0.5, 0.6) is 0 Å². The number of carbonyl (C=O) groups is 1. The first-order valence-electron chi connectivity index (χ1n) is 4.09. The smallest absolute Gasteiger partial charge is 0.327 e. The van der Waals surface area contributed by atoms with Crippen molar-refractivity contribution < 1.29 is 9.90 Å². The van der Waals surface area contributed by atoms with Gasteiger partial charge in [-0.15, -0.1) is 0 Å². The fraction of sp³-hybridized carbons (Fsp3) is 0.667. The third-order valence-corrected chi connectivity index (χ3v) is 2.09. The van der Waals surface area contributed by atoms with Gasteiger partial charge in [0.05, 0.1) is 0 Å². The minimum Gasteiger partial charge on any atom is -0.478 e. The highest BCUT2D eigenvalue weighted by Crippen LogP contribution is 2.49. The molecule has 0 amide bonds. The van der Waals surface area contributed by atoms with E-state index in [0.717, 1.165) is 6.08 Å². The molecule has 0 unspecified atom stereocenters. The summed E-state index contributed by atoms with van der Waals surface area (Å²) in [6, 6.07) is 0. The Morgan fingerprint density at radius 2 is 1.55 bits per heavy atom. The zero-order chi connectivity index (χ0) is 8.27. The van der Waals surface area contributed by atoms with E-state index in [0.29, 0.717) is 0 Å². The lowest BCUT2D eigenvalue weighted by Crippen LogP contribution is -1.82. The van der Waals surface area contributed by atoms with Crippen LogP contribution in [0.4, 0.5) is 0 Å². The molecular formula is C9H14O2. The predicted molar refractivity (Wildman–Crippen MR) is 43.3 cm³/mol. The van der Waals surface area contributed by atoms with Crippen LogP contribution in [0, 0.1) is 11.8 Å². The van der Waals surface area contributed by atoms with E-state index in [1.807, 2.05) is 0 Å². The summed E-state index contributed by atoms with van der Waals surface area (Å²) in [5, 5.41) is 7.60. The van der Waals surface area contributed by atoms with Crippen molar-refractivity contribution in [3.8, 4) is 0 Å². The average Bonchev–Trinajstić information content (AvgIpc) is 2.79. The summed E-state index contributed by atoms with van der Waals surface area (Å²) in [5.41, 5.74) is 0. The van der Waals surface area contributed by atoms with Gasteiger partial charge in [0.1, 0.15) is 0 Å². The summed E-state index contributed by atoms with van der Waals surface area (Å²) in [5.74, 6) is 1.44. The van der Waals surface area contributed by atoms with Gasteiger partial charge < -0.3 is 5.11 Å². The molecule has 0 aliphatic heterocycles. The van der Waals surface area contributed by atoms with Gasteiger partial charge in [-0.3, -0.25) is 0 Å². The number of hydrogen-bond acceptors (Lipinski definition) is 1. The van der Waals surface area contributed by atoms with Crippen LogP contribution in [0.1, 0.15) is 25.7 Å². The summed E-state index contributed by atoms with van der Waals surface area (Å²) in [7, 11) is 0. The van der Waals surface area contributed by atoms with Crippen LogP contribution in [-0.2, 0) is 4.79 Å². The summed E-state index contributed by atoms with van der Waals surface area (Å²) >= 11 is 0. The molecule has 0 bridgehead atoms. The van der Waals surface area contributed by atoms with Gasteiger partial charge in [0.15, 0.2) is 0 Å². The molecule has 0 aromatic rings. The molecule has 2 aliphatic rings. The number of hydrogen-bond donors (Lipinski definition) is 1. The quantitative estimate of drug-likeness (QED) is 0.618. The Kier molecular flexibility index (Phi) is 2.69. The van der Waals surface area contributed by atoms with E-state index in [2.05, 4.69) is 6.58 Å². The Morgan fingerprint density at radius 3 is 1.64 bits per heavy atom. The highest BCUT2D eigenvalue weighted by atomic mass is 16.4. The monoisotopic (exact) mass is 154 g/mol. The second-order valence-electron chi connectivity index (χ2n) is 3.22. The van der Waals surface area contributed by atoms with Crippen LogP contribution < -0.4 is 0 Å². The van der Waals surface area contributed by atoms with Gasteiger partial charge in [-0.05, 0) is 37.5 Å². The topological polar surface area (TPSA) is 37.3 Å². The van der Waals surface area contributed by atoms with E-state index in [1.165, 1.54) is 11.8 Å². The highest BCUT2D eigenvalue weighted by molar-refractivity contribution is 5.78. The Bertz CT molecular complexity index is 145. The maximum absolute atomic E-state index is 9.25. The van der Waals surface area contributed by atoms with E-state index in [4.69, 9.17) is 5.11 Å². The Morgan fingerprint density at radius 1 is 1.27 bits per heavy atom. The van der Waals surface area contributed by atoms with E-state index in [1.54, 1.807) is 25.7 Å². The first-order valence-corrected chi connectivity index (χ1v) is 4.09. The van der Waals surface area contributed by atoms with Gasteiger partial charge in [-0.25, -0.2) is 4.79 Å². The van der Waals surface area contributed by atoms with Crippen LogP contribution in [-0.4, -0.2) is 11.1 Å². The summed E-state index contributed by atoms with van der Waals surface area (Å²) in [6.45, 7) is 2.96. The van der Waals surface area contributed by atoms with Crippen LogP contribution >= 0.6 is 0 Å². The Balaban J connectivity index is 0.000000114. The van der Waals surface area contributed by atoms with Gasteiger partial charge in [0.2, 0.25) is 0 Å². The molecule has 2 saturated carbocycles. The zero-order valence-electron chi connectivity index (χ0n) is 6.62. The van der Waals surface area contributed by atoms with Crippen LogP contribution in [0.25, 0.3) is 0 Å². The minimum absolute atomic E-state index is 0.833. The maximum atomic E-state index is 9.25. The standard InChI is InChI=1S/C6H10.C3H4O2/c1-2-5(1)6-3-4-6;1-2-3(4)5/h5-6H,1-4H2;2H,1H2,(H,4,5). The molecule has 2 nitrogen and oxygen atoms in total. The molecule has 0 spiro atoms. The molecule has 11 heavy (non-hydrogen) atoms. The molecule has 0 aromatic carbocycles. The molecule has 0 aromatic heterocycles. The van der Waals surface area contributed by atoms with Gasteiger partial charge >= 0.3 is 5.97 Å². The second-order valence-corrected chi connectivity index (χ2v) is 3.22. The molecule has 0 radical (unpaired) electrons. The van der Waals surface area contributed by atoms with Crippen molar-refractivity contribution in [2.75, 3.05) is 0 Å². The van der Waals surface area contributed by atoms with Crippen LogP contribution in [0.2, 0.25) is 0 Å². The second kappa shape index (κ2) is 3.56.